The molecule has 0 bridgehead atoms. The molecule has 2 aromatic rings. The zero-order valence-electron chi connectivity index (χ0n) is 13.9. The SMILES string of the molecule is C/C(=N\OCCCO/N=C(\C)c1cccc(Cl)n1)c1cccc(Cl)n1. The summed E-state index contributed by atoms with van der Waals surface area (Å²) in [5, 5.41) is 8.85. The fourth-order valence-corrected chi connectivity index (χ4v) is 2.11. The fourth-order valence-electron chi connectivity index (χ4n) is 1.79. The minimum absolute atomic E-state index is 0.405. The van der Waals surface area contributed by atoms with Crippen LogP contribution in [0.25, 0.3) is 0 Å². The van der Waals surface area contributed by atoms with Crippen molar-refractivity contribution in [2.24, 2.45) is 10.3 Å². The van der Waals surface area contributed by atoms with Crippen LogP contribution in [0.15, 0.2) is 46.7 Å². The second-order valence-electron chi connectivity index (χ2n) is 5.06. The van der Waals surface area contributed by atoms with Gasteiger partial charge in [0.15, 0.2) is 0 Å². The summed E-state index contributed by atoms with van der Waals surface area (Å²) in [4.78, 5) is 18.8. The topological polar surface area (TPSA) is 69.0 Å². The molecule has 0 fully saturated rings. The summed E-state index contributed by atoms with van der Waals surface area (Å²) < 4.78 is 0. The Morgan fingerprint density at radius 3 is 1.68 bits per heavy atom. The monoisotopic (exact) mass is 380 g/mol. The van der Waals surface area contributed by atoms with Crippen LogP contribution in [0.3, 0.4) is 0 Å². The van der Waals surface area contributed by atoms with E-state index in [-0.39, 0.29) is 0 Å². The summed E-state index contributed by atoms with van der Waals surface area (Å²) in [6.07, 6.45) is 0.638. The summed E-state index contributed by atoms with van der Waals surface area (Å²) in [5.74, 6) is 0. The fraction of sp³-hybridized carbons (Fsp3) is 0.294. The predicted octanol–water partition coefficient (Wildman–Crippen LogP) is 4.35. The number of hydrogen-bond donors (Lipinski definition) is 0. The lowest BCUT2D eigenvalue weighted by Crippen LogP contribution is -2.03. The summed E-state index contributed by atoms with van der Waals surface area (Å²) >= 11 is 11.7. The van der Waals surface area contributed by atoms with E-state index in [1.54, 1.807) is 26.0 Å². The first-order chi connectivity index (χ1) is 12.1. The number of nitrogens with zero attached hydrogens (tertiary/aromatic N) is 4. The van der Waals surface area contributed by atoms with Gasteiger partial charge in [0, 0.05) is 6.42 Å². The molecule has 0 radical (unpaired) electrons. The van der Waals surface area contributed by atoms with Gasteiger partial charge in [-0.1, -0.05) is 45.6 Å². The molecule has 0 aliphatic carbocycles. The first-order valence-corrected chi connectivity index (χ1v) is 8.41. The molecule has 2 heterocycles. The van der Waals surface area contributed by atoms with Gasteiger partial charge in [-0.25, -0.2) is 9.97 Å². The molecule has 0 atom stereocenters. The number of aromatic nitrogens is 2. The highest BCUT2D eigenvalue weighted by atomic mass is 35.5. The zero-order chi connectivity index (χ0) is 18.1. The van der Waals surface area contributed by atoms with Gasteiger partial charge in [-0.2, -0.15) is 0 Å². The maximum Gasteiger partial charge on any atom is 0.129 e. The molecular weight excluding hydrogens is 363 g/mol. The van der Waals surface area contributed by atoms with Crippen LogP contribution < -0.4 is 0 Å². The molecule has 2 rings (SSSR count). The molecule has 132 valence electrons. The van der Waals surface area contributed by atoms with Crippen LogP contribution in [-0.4, -0.2) is 34.6 Å². The average molecular weight is 381 g/mol. The highest BCUT2D eigenvalue weighted by Crippen LogP contribution is 2.07. The molecule has 0 aliphatic rings. The smallest absolute Gasteiger partial charge is 0.129 e. The molecular formula is C17H18Cl2N4O2. The number of oxime groups is 2. The van der Waals surface area contributed by atoms with Crippen LogP contribution in [0, 0.1) is 0 Å². The van der Waals surface area contributed by atoms with Crippen molar-refractivity contribution in [1.29, 1.82) is 0 Å². The number of hydrogen-bond acceptors (Lipinski definition) is 6. The maximum absolute atomic E-state index is 5.84. The van der Waals surface area contributed by atoms with Crippen molar-refractivity contribution in [3.8, 4) is 0 Å². The Bertz CT molecular complexity index is 702. The lowest BCUT2D eigenvalue weighted by molar-refractivity contribution is 0.0900. The molecule has 0 saturated carbocycles. The van der Waals surface area contributed by atoms with Crippen molar-refractivity contribution in [1.82, 2.24) is 9.97 Å². The molecule has 2 aromatic heterocycles. The first-order valence-electron chi connectivity index (χ1n) is 7.65. The van der Waals surface area contributed by atoms with Gasteiger partial charge in [0.1, 0.15) is 34.9 Å². The van der Waals surface area contributed by atoms with Crippen LogP contribution >= 0.6 is 23.2 Å². The van der Waals surface area contributed by atoms with E-state index in [0.29, 0.717) is 52.8 Å². The van der Waals surface area contributed by atoms with Crippen LogP contribution in [0.1, 0.15) is 31.7 Å². The first kappa shape index (κ1) is 19.1. The van der Waals surface area contributed by atoms with E-state index in [1.807, 2.05) is 24.3 Å². The number of halogens is 2. The Labute approximate surface area is 156 Å². The molecule has 0 aromatic carbocycles. The summed E-state index contributed by atoms with van der Waals surface area (Å²) in [7, 11) is 0. The third kappa shape index (κ3) is 6.68. The Balaban J connectivity index is 1.69. The van der Waals surface area contributed by atoms with Gasteiger partial charge < -0.3 is 9.68 Å². The van der Waals surface area contributed by atoms with E-state index in [4.69, 9.17) is 32.9 Å². The van der Waals surface area contributed by atoms with E-state index < -0.39 is 0 Å². The third-order valence-corrected chi connectivity index (χ3v) is 3.47. The van der Waals surface area contributed by atoms with Gasteiger partial charge in [-0.05, 0) is 38.1 Å². The largest absolute Gasteiger partial charge is 0.395 e. The van der Waals surface area contributed by atoms with Crippen molar-refractivity contribution >= 4 is 34.6 Å². The summed E-state index contributed by atoms with van der Waals surface area (Å²) in [5.41, 5.74) is 2.67. The van der Waals surface area contributed by atoms with Gasteiger partial charge in [0.05, 0.1) is 11.4 Å². The highest BCUT2D eigenvalue weighted by Gasteiger charge is 2.02. The summed E-state index contributed by atoms with van der Waals surface area (Å²) in [6.45, 7) is 4.42. The van der Waals surface area contributed by atoms with Crippen LogP contribution in [0.2, 0.25) is 10.3 Å². The van der Waals surface area contributed by atoms with E-state index in [9.17, 15) is 0 Å². The molecule has 0 N–H and O–H groups in total. The number of pyridine rings is 2. The minimum atomic E-state index is 0.405. The molecule has 8 heteroatoms. The van der Waals surface area contributed by atoms with Crippen LogP contribution in [0.4, 0.5) is 0 Å². The molecule has 0 saturated heterocycles. The number of rotatable bonds is 8. The van der Waals surface area contributed by atoms with Crippen LogP contribution in [-0.2, 0) is 9.68 Å². The Kier molecular flexibility index (Phi) is 7.63. The lowest BCUT2D eigenvalue weighted by atomic mass is 10.3. The quantitative estimate of drug-likeness (QED) is 0.295. The third-order valence-electron chi connectivity index (χ3n) is 3.05. The van der Waals surface area contributed by atoms with Crippen molar-refractivity contribution in [3.05, 3.63) is 58.1 Å². The van der Waals surface area contributed by atoms with Gasteiger partial charge in [-0.15, -0.1) is 0 Å². The van der Waals surface area contributed by atoms with Crippen LogP contribution in [0.5, 0.6) is 0 Å². The van der Waals surface area contributed by atoms with Gasteiger partial charge in [0.2, 0.25) is 0 Å². The van der Waals surface area contributed by atoms with Crippen molar-refractivity contribution < 1.29 is 9.68 Å². The average Bonchev–Trinajstić information content (AvgIpc) is 2.60. The standard InChI is InChI=1S/C17H18Cl2N4O2/c1-12(14-6-3-8-16(18)20-14)22-24-10-5-11-25-23-13(2)15-7-4-9-17(19)21-15/h3-4,6-9H,5,10-11H2,1-2H3/b22-12+,23-13+. The second kappa shape index (κ2) is 9.96. The molecule has 0 spiro atoms. The molecule has 0 unspecified atom stereocenters. The highest BCUT2D eigenvalue weighted by molar-refractivity contribution is 6.29. The van der Waals surface area contributed by atoms with E-state index in [0.717, 1.165) is 0 Å². The Morgan fingerprint density at radius 2 is 1.28 bits per heavy atom. The molecule has 0 aliphatic heterocycles. The van der Waals surface area contributed by atoms with Crippen molar-refractivity contribution in [2.75, 3.05) is 13.2 Å². The van der Waals surface area contributed by atoms with Gasteiger partial charge in [0.25, 0.3) is 0 Å². The van der Waals surface area contributed by atoms with E-state index in [2.05, 4.69) is 20.3 Å². The van der Waals surface area contributed by atoms with Gasteiger partial charge >= 0.3 is 0 Å². The minimum Gasteiger partial charge on any atom is -0.395 e. The van der Waals surface area contributed by atoms with E-state index >= 15 is 0 Å². The molecule has 25 heavy (non-hydrogen) atoms. The Morgan fingerprint density at radius 1 is 0.840 bits per heavy atom. The normalized spacial score (nSPS) is 12.2. The lowest BCUT2D eigenvalue weighted by Gasteiger charge is -2.03. The zero-order valence-corrected chi connectivity index (χ0v) is 15.5. The maximum atomic E-state index is 5.84. The van der Waals surface area contributed by atoms with Gasteiger partial charge in [-0.3, -0.25) is 0 Å². The predicted molar refractivity (Wildman–Crippen MR) is 99.4 cm³/mol. The van der Waals surface area contributed by atoms with E-state index in [1.165, 1.54) is 0 Å². The molecule has 6 nitrogen and oxygen atoms in total. The van der Waals surface area contributed by atoms with Crippen molar-refractivity contribution in [3.63, 3.8) is 0 Å². The second-order valence-corrected chi connectivity index (χ2v) is 5.84. The molecule has 0 amide bonds. The summed E-state index contributed by atoms with van der Waals surface area (Å²) in [6, 6.07) is 10.7. The Hall–Kier alpha value is -2.18. The van der Waals surface area contributed by atoms with Crippen molar-refractivity contribution in [2.45, 2.75) is 20.3 Å².